The second-order valence-electron chi connectivity index (χ2n) is 6.94. The van der Waals surface area contributed by atoms with Crippen LogP contribution >= 0.6 is 0 Å². The molecule has 1 aliphatic heterocycles. The van der Waals surface area contributed by atoms with E-state index < -0.39 is 27.7 Å². The second kappa shape index (κ2) is 6.80. The maximum Gasteiger partial charge on any atom is 0.416 e. The number of nitrogens with zero attached hydrogens (tertiary/aromatic N) is 1. The quantitative estimate of drug-likeness (QED) is 0.829. The molecule has 1 heterocycles. The van der Waals surface area contributed by atoms with E-state index in [1.54, 1.807) is 19.1 Å². The Labute approximate surface area is 161 Å². The summed E-state index contributed by atoms with van der Waals surface area (Å²) in [5.74, 6) is -0.565. The smallest absolute Gasteiger partial charge is 0.322 e. The maximum absolute atomic E-state index is 13.0. The molecule has 2 aromatic rings. The standard InChI is InChI=1S/C19H19F3N2O3S/c1-11-4-6-15(10-16(11)19(20,21)22)23-18(25)13-5-7-17-14(9-13)8-12(2)24(17)28(3,26)27/h4-7,9-10,12H,8H2,1-3H3,(H,23,25). The highest BCUT2D eigenvalue weighted by Crippen LogP contribution is 2.35. The Bertz CT molecular complexity index is 1050. The Balaban J connectivity index is 1.87. The molecular formula is C19H19F3N2O3S. The number of hydrogen-bond donors (Lipinski definition) is 1. The first-order valence-corrected chi connectivity index (χ1v) is 10.3. The van der Waals surface area contributed by atoms with Crippen molar-refractivity contribution in [2.45, 2.75) is 32.5 Å². The Morgan fingerprint density at radius 2 is 1.86 bits per heavy atom. The molecule has 1 N–H and O–H groups in total. The van der Waals surface area contributed by atoms with Gasteiger partial charge < -0.3 is 5.32 Å². The molecule has 0 spiro atoms. The number of sulfonamides is 1. The number of carbonyl (C=O) groups excluding carboxylic acids is 1. The van der Waals surface area contributed by atoms with Gasteiger partial charge in [0, 0.05) is 17.3 Å². The molecule has 5 nitrogen and oxygen atoms in total. The molecule has 0 bridgehead atoms. The largest absolute Gasteiger partial charge is 0.416 e. The molecule has 0 saturated heterocycles. The number of aryl methyl sites for hydroxylation is 1. The van der Waals surface area contributed by atoms with Gasteiger partial charge in [0.15, 0.2) is 0 Å². The summed E-state index contributed by atoms with van der Waals surface area (Å²) in [6.45, 7) is 3.12. The molecule has 0 aromatic heterocycles. The lowest BCUT2D eigenvalue weighted by atomic mass is 10.1. The van der Waals surface area contributed by atoms with Crippen LogP contribution in [0.15, 0.2) is 36.4 Å². The highest BCUT2D eigenvalue weighted by Gasteiger charge is 2.34. The Morgan fingerprint density at radius 3 is 2.46 bits per heavy atom. The van der Waals surface area contributed by atoms with Crippen LogP contribution in [0.25, 0.3) is 0 Å². The van der Waals surface area contributed by atoms with Crippen LogP contribution in [0, 0.1) is 6.92 Å². The van der Waals surface area contributed by atoms with E-state index in [-0.39, 0.29) is 22.9 Å². The van der Waals surface area contributed by atoms with Gasteiger partial charge in [-0.3, -0.25) is 9.10 Å². The van der Waals surface area contributed by atoms with Gasteiger partial charge in [0.05, 0.1) is 17.5 Å². The molecule has 9 heteroatoms. The lowest BCUT2D eigenvalue weighted by Gasteiger charge is -2.21. The van der Waals surface area contributed by atoms with Crippen LogP contribution in [0.2, 0.25) is 0 Å². The first-order chi connectivity index (χ1) is 12.9. The van der Waals surface area contributed by atoms with Crippen molar-refractivity contribution in [3.8, 4) is 0 Å². The van der Waals surface area contributed by atoms with Crippen molar-refractivity contribution < 1.29 is 26.4 Å². The van der Waals surface area contributed by atoms with Crippen LogP contribution in [0.4, 0.5) is 24.5 Å². The van der Waals surface area contributed by atoms with Gasteiger partial charge in [0.25, 0.3) is 5.91 Å². The van der Waals surface area contributed by atoms with Crippen molar-refractivity contribution in [2.24, 2.45) is 0 Å². The highest BCUT2D eigenvalue weighted by atomic mass is 32.2. The summed E-state index contributed by atoms with van der Waals surface area (Å²) < 4.78 is 64.4. The number of fused-ring (bicyclic) bond motifs is 1. The van der Waals surface area contributed by atoms with E-state index in [0.717, 1.165) is 12.3 Å². The first kappa shape index (κ1) is 20.2. The van der Waals surface area contributed by atoms with Crippen LogP contribution in [-0.2, 0) is 22.6 Å². The molecule has 1 aliphatic rings. The van der Waals surface area contributed by atoms with Crippen LogP contribution in [-0.4, -0.2) is 26.6 Å². The lowest BCUT2D eigenvalue weighted by molar-refractivity contribution is -0.138. The third-order valence-corrected chi connectivity index (χ3v) is 5.92. The summed E-state index contributed by atoms with van der Waals surface area (Å²) in [5, 5.41) is 2.47. The number of hydrogen-bond acceptors (Lipinski definition) is 3. The lowest BCUT2D eigenvalue weighted by Crippen LogP contribution is -2.34. The van der Waals surface area contributed by atoms with Gasteiger partial charge >= 0.3 is 6.18 Å². The molecule has 2 aromatic carbocycles. The summed E-state index contributed by atoms with van der Waals surface area (Å²) in [6.07, 6.45) is -2.94. The Hall–Kier alpha value is -2.55. The minimum Gasteiger partial charge on any atom is -0.322 e. The van der Waals surface area contributed by atoms with Crippen molar-refractivity contribution in [1.29, 1.82) is 0 Å². The molecule has 150 valence electrons. The number of amides is 1. The number of rotatable bonds is 3. The fourth-order valence-corrected chi connectivity index (χ4v) is 4.72. The molecule has 3 rings (SSSR count). The van der Waals surface area contributed by atoms with Gasteiger partial charge in [-0.1, -0.05) is 6.07 Å². The first-order valence-electron chi connectivity index (χ1n) is 8.49. The van der Waals surface area contributed by atoms with Gasteiger partial charge in [-0.05, 0) is 61.7 Å². The van der Waals surface area contributed by atoms with E-state index >= 15 is 0 Å². The van der Waals surface area contributed by atoms with Gasteiger partial charge in [-0.15, -0.1) is 0 Å². The van der Waals surface area contributed by atoms with E-state index in [0.29, 0.717) is 17.7 Å². The molecular weight excluding hydrogens is 393 g/mol. The molecule has 1 unspecified atom stereocenters. The molecule has 0 radical (unpaired) electrons. The molecule has 0 aliphatic carbocycles. The van der Waals surface area contributed by atoms with E-state index in [1.165, 1.54) is 29.4 Å². The summed E-state index contributed by atoms with van der Waals surface area (Å²) in [6, 6.07) is 7.92. The summed E-state index contributed by atoms with van der Waals surface area (Å²) >= 11 is 0. The van der Waals surface area contributed by atoms with Crippen LogP contribution in [0.5, 0.6) is 0 Å². The molecule has 28 heavy (non-hydrogen) atoms. The summed E-state index contributed by atoms with van der Waals surface area (Å²) in [4.78, 5) is 12.5. The van der Waals surface area contributed by atoms with Crippen molar-refractivity contribution in [3.05, 3.63) is 58.7 Å². The van der Waals surface area contributed by atoms with Crippen molar-refractivity contribution in [3.63, 3.8) is 0 Å². The molecule has 1 amide bonds. The van der Waals surface area contributed by atoms with E-state index in [4.69, 9.17) is 0 Å². The van der Waals surface area contributed by atoms with Gasteiger partial charge in [-0.2, -0.15) is 13.2 Å². The van der Waals surface area contributed by atoms with Crippen LogP contribution in [0.1, 0.15) is 34.0 Å². The fraction of sp³-hybridized carbons (Fsp3) is 0.316. The maximum atomic E-state index is 13.0. The van der Waals surface area contributed by atoms with E-state index in [1.807, 2.05) is 0 Å². The normalized spacial score (nSPS) is 16.8. The fourth-order valence-electron chi connectivity index (χ4n) is 3.46. The van der Waals surface area contributed by atoms with Crippen LogP contribution < -0.4 is 9.62 Å². The number of alkyl halides is 3. The minimum absolute atomic E-state index is 0.0366. The number of halogens is 3. The number of nitrogens with one attached hydrogen (secondary N) is 1. The molecule has 0 saturated carbocycles. The van der Waals surface area contributed by atoms with E-state index in [2.05, 4.69) is 5.32 Å². The zero-order valence-corrected chi connectivity index (χ0v) is 16.3. The Morgan fingerprint density at radius 1 is 1.18 bits per heavy atom. The van der Waals surface area contributed by atoms with Crippen molar-refractivity contribution in [1.82, 2.24) is 0 Å². The van der Waals surface area contributed by atoms with Gasteiger partial charge in [0.2, 0.25) is 10.0 Å². The SMILES string of the molecule is Cc1ccc(NC(=O)c2ccc3c(c2)CC(C)N3S(C)(=O)=O)cc1C(F)(F)F. The minimum atomic E-state index is -4.51. The average Bonchev–Trinajstić information content (AvgIpc) is 2.90. The zero-order valence-electron chi connectivity index (χ0n) is 15.5. The molecule has 0 fully saturated rings. The average molecular weight is 412 g/mol. The monoisotopic (exact) mass is 412 g/mol. The van der Waals surface area contributed by atoms with Crippen LogP contribution in [0.3, 0.4) is 0 Å². The van der Waals surface area contributed by atoms with E-state index in [9.17, 15) is 26.4 Å². The zero-order chi connectivity index (χ0) is 20.9. The number of anilines is 2. The highest BCUT2D eigenvalue weighted by molar-refractivity contribution is 7.92. The number of benzene rings is 2. The third-order valence-electron chi connectivity index (χ3n) is 4.65. The summed E-state index contributed by atoms with van der Waals surface area (Å²) in [7, 11) is -3.44. The predicted octanol–water partition coefficient (Wildman–Crippen LogP) is 3.98. The van der Waals surface area contributed by atoms with Gasteiger partial charge in [0.1, 0.15) is 0 Å². The summed E-state index contributed by atoms with van der Waals surface area (Å²) in [5.41, 5.74) is 0.756. The second-order valence-corrected chi connectivity index (χ2v) is 8.80. The van der Waals surface area contributed by atoms with Crippen molar-refractivity contribution in [2.75, 3.05) is 15.9 Å². The Kier molecular flexibility index (Phi) is 4.91. The molecule has 1 atom stereocenters. The topological polar surface area (TPSA) is 66.5 Å². The van der Waals surface area contributed by atoms with Gasteiger partial charge in [-0.25, -0.2) is 8.42 Å². The van der Waals surface area contributed by atoms with Crippen molar-refractivity contribution >= 4 is 27.3 Å². The number of carbonyl (C=O) groups is 1. The predicted molar refractivity (Wildman–Crippen MR) is 101 cm³/mol. The third kappa shape index (κ3) is 3.84.